The van der Waals surface area contributed by atoms with E-state index >= 15 is 0 Å². The Balaban J connectivity index is 2.78. The van der Waals surface area contributed by atoms with Gasteiger partial charge in [0, 0.05) is 13.7 Å². The molecule has 1 aromatic rings. The molecular formula is C17H27NO3. The lowest BCUT2D eigenvalue weighted by atomic mass is 9.99. The maximum atomic E-state index is 12.1. The third-order valence-corrected chi connectivity index (χ3v) is 3.13. The Morgan fingerprint density at radius 3 is 2.43 bits per heavy atom. The molecule has 0 radical (unpaired) electrons. The minimum atomic E-state index is -0.437. The summed E-state index contributed by atoms with van der Waals surface area (Å²) < 4.78 is 10.2. The number of hydrogen-bond acceptors (Lipinski definition) is 4. The molecule has 118 valence electrons. The second-order valence-corrected chi connectivity index (χ2v) is 5.47. The summed E-state index contributed by atoms with van der Waals surface area (Å²) in [6.07, 6.45) is 1.04. The van der Waals surface area contributed by atoms with Crippen molar-refractivity contribution in [3.8, 4) is 0 Å². The largest absolute Gasteiger partial charge is 0.465 e. The van der Waals surface area contributed by atoms with Gasteiger partial charge in [0.25, 0.3) is 0 Å². The fraction of sp³-hybridized carbons (Fsp3) is 0.588. The molecule has 0 aliphatic carbocycles. The van der Waals surface area contributed by atoms with E-state index in [0.717, 1.165) is 12.0 Å². The van der Waals surface area contributed by atoms with Gasteiger partial charge in [-0.15, -0.1) is 0 Å². The summed E-state index contributed by atoms with van der Waals surface area (Å²) in [4.78, 5) is 12.1. The standard InChI is InChI=1S/C17H27NO3/c1-5-21-17(19)16(18-10-11-20-4)15-8-6-14(7-9-15)12-13(2)3/h6-9,13,16,18H,5,10-12H2,1-4H3. The molecule has 1 rings (SSSR count). The number of methoxy groups -OCH3 is 1. The number of carbonyl (C=O) groups excluding carboxylic acids is 1. The van der Waals surface area contributed by atoms with Crippen LogP contribution in [0, 0.1) is 5.92 Å². The molecule has 1 atom stereocenters. The lowest BCUT2D eigenvalue weighted by molar-refractivity contribution is -0.145. The Morgan fingerprint density at radius 1 is 1.24 bits per heavy atom. The van der Waals surface area contributed by atoms with Crippen molar-refractivity contribution < 1.29 is 14.3 Å². The van der Waals surface area contributed by atoms with Crippen LogP contribution in [0.4, 0.5) is 0 Å². The predicted octanol–water partition coefficient (Wildman–Crippen LogP) is 2.73. The fourth-order valence-corrected chi connectivity index (χ4v) is 2.19. The summed E-state index contributed by atoms with van der Waals surface area (Å²) in [7, 11) is 1.64. The zero-order valence-electron chi connectivity index (χ0n) is 13.5. The van der Waals surface area contributed by atoms with Gasteiger partial charge >= 0.3 is 5.97 Å². The van der Waals surface area contributed by atoms with E-state index in [2.05, 4.69) is 31.3 Å². The third-order valence-electron chi connectivity index (χ3n) is 3.13. The van der Waals surface area contributed by atoms with Gasteiger partial charge in [0.05, 0.1) is 13.2 Å². The zero-order valence-corrected chi connectivity index (χ0v) is 13.5. The number of hydrogen-bond donors (Lipinski definition) is 1. The van der Waals surface area contributed by atoms with Gasteiger partial charge in [-0.25, -0.2) is 4.79 Å². The molecule has 0 heterocycles. The molecule has 0 amide bonds. The van der Waals surface area contributed by atoms with Crippen molar-refractivity contribution in [3.63, 3.8) is 0 Å². The lowest BCUT2D eigenvalue weighted by Crippen LogP contribution is -2.32. The maximum Gasteiger partial charge on any atom is 0.327 e. The van der Waals surface area contributed by atoms with E-state index in [9.17, 15) is 4.79 Å². The number of rotatable bonds is 9. The van der Waals surface area contributed by atoms with E-state index < -0.39 is 6.04 Å². The fourth-order valence-electron chi connectivity index (χ4n) is 2.19. The van der Waals surface area contributed by atoms with Crippen molar-refractivity contribution in [3.05, 3.63) is 35.4 Å². The van der Waals surface area contributed by atoms with Crippen molar-refractivity contribution >= 4 is 5.97 Å². The van der Waals surface area contributed by atoms with Crippen LogP contribution in [0.2, 0.25) is 0 Å². The van der Waals surface area contributed by atoms with Gasteiger partial charge in [-0.05, 0) is 30.4 Å². The SMILES string of the molecule is CCOC(=O)C(NCCOC)c1ccc(CC(C)C)cc1. The Morgan fingerprint density at radius 2 is 1.90 bits per heavy atom. The van der Waals surface area contributed by atoms with Gasteiger partial charge in [0.2, 0.25) is 0 Å². The van der Waals surface area contributed by atoms with Crippen molar-refractivity contribution in [2.24, 2.45) is 5.92 Å². The van der Waals surface area contributed by atoms with Crippen LogP contribution in [-0.2, 0) is 20.7 Å². The lowest BCUT2D eigenvalue weighted by Gasteiger charge is -2.18. The molecule has 0 aliphatic heterocycles. The highest BCUT2D eigenvalue weighted by molar-refractivity contribution is 5.77. The molecule has 0 aromatic heterocycles. The normalized spacial score (nSPS) is 12.4. The summed E-state index contributed by atoms with van der Waals surface area (Å²) in [5.41, 5.74) is 2.21. The first-order valence-electron chi connectivity index (χ1n) is 7.56. The molecular weight excluding hydrogens is 266 g/mol. The molecule has 0 bridgehead atoms. The van der Waals surface area contributed by atoms with Crippen LogP contribution in [0.25, 0.3) is 0 Å². The quantitative estimate of drug-likeness (QED) is 0.562. The molecule has 1 unspecified atom stereocenters. The van der Waals surface area contributed by atoms with Crippen molar-refractivity contribution in [1.29, 1.82) is 0 Å². The smallest absolute Gasteiger partial charge is 0.327 e. The van der Waals surface area contributed by atoms with E-state index in [1.807, 2.05) is 19.1 Å². The third kappa shape index (κ3) is 6.27. The summed E-state index contributed by atoms with van der Waals surface area (Å²) in [5.74, 6) is 0.377. The van der Waals surface area contributed by atoms with E-state index in [1.165, 1.54) is 5.56 Å². The molecule has 0 saturated heterocycles. The van der Waals surface area contributed by atoms with E-state index in [4.69, 9.17) is 9.47 Å². The molecule has 1 N–H and O–H groups in total. The number of esters is 1. The molecule has 0 saturated carbocycles. The van der Waals surface area contributed by atoms with Crippen LogP contribution in [-0.4, -0.2) is 32.8 Å². The molecule has 0 aliphatic rings. The van der Waals surface area contributed by atoms with Crippen LogP contribution >= 0.6 is 0 Å². The summed E-state index contributed by atoms with van der Waals surface area (Å²) in [6, 6.07) is 7.73. The van der Waals surface area contributed by atoms with Gasteiger partial charge in [-0.1, -0.05) is 38.1 Å². The molecule has 4 nitrogen and oxygen atoms in total. The van der Waals surface area contributed by atoms with Gasteiger partial charge in [0.15, 0.2) is 0 Å². The van der Waals surface area contributed by atoms with Crippen LogP contribution in [0.1, 0.15) is 37.9 Å². The van der Waals surface area contributed by atoms with E-state index in [1.54, 1.807) is 7.11 Å². The minimum Gasteiger partial charge on any atom is -0.465 e. The molecule has 1 aromatic carbocycles. The zero-order chi connectivity index (χ0) is 15.7. The monoisotopic (exact) mass is 293 g/mol. The second-order valence-electron chi connectivity index (χ2n) is 5.47. The Bertz CT molecular complexity index is 415. The average molecular weight is 293 g/mol. The molecule has 0 fully saturated rings. The second kappa shape index (κ2) is 9.53. The van der Waals surface area contributed by atoms with Crippen molar-refractivity contribution in [2.45, 2.75) is 33.2 Å². The van der Waals surface area contributed by atoms with Gasteiger partial charge in [0.1, 0.15) is 6.04 Å². The van der Waals surface area contributed by atoms with Crippen LogP contribution in [0.3, 0.4) is 0 Å². The molecule has 0 spiro atoms. The Hall–Kier alpha value is -1.39. The number of nitrogens with one attached hydrogen (secondary N) is 1. The predicted molar refractivity (Wildman–Crippen MR) is 84.2 cm³/mol. The van der Waals surface area contributed by atoms with E-state index in [0.29, 0.717) is 25.7 Å². The molecule has 4 heteroatoms. The first-order valence-corrected chi connectivity index (χ1v) is 7.56. The van der Waals surface area contributed by atoms with Crippen LogP contribution in [0.15, 0.2) is 24.3 Å². The Kier molecular flexibility index (Phi) is 8.01. The van der Waals surface area contributed by atoms with Crippen LogP contribution in [0.5, 0.6) is 0 Å². The van der Waals surface area contributed by atoms with Crippen molar-refractivity contribution in [2.75, 3.05) is 26.9 Å². The van der Waals surface area contributed by atoms with Crippen molar-refractivity contribution in [1.82, 2.24) is 5.32 Å². The van der Waals surface area contributed by atoms with E-state index in [-0.39, 0.29) is 5.97 Å². The highest BCUT2D eigenvalue weighted by Crippen LogP contribution is 2.17. The minimum absolute atomic E-state index is 0.245. The van der Waals surface area contributed by atoms with Gasteiger partial charge in [-0.3, -0.25) is 5.32 Å². The summed E-state index contributed by atoms with van der Waals surface area (Å²) >= 11 is 0. The number of ether oxygens (including phenoxy) is 2. The maximum absolute atomic E-state index is 12.1. The topological polar surface area (TPSA) is 47.6 Å². The van der Waals surface area contributed by atoms with Gasteiger partial charge < -0.3 is 9.47 Å². The summed E-state index contributed by atoms with van der Waals surface area (Å²) in [6.45, 7) is 7.75. The number of benzene rings is 1. The summed E-state index contributed by atoms with van der Waals surface area (Å²) in [5, 5.41) is 3.18. The first-order chi connectivity index (χ1) is 10.1. The molecule has 21 heavy (non-hydrogen) atoms. The van der Waals surface area contributed by atoms with Crippen LogP contribution < -0.4 is 5.32 Å². The highest BCUT2D eigenvalue weighted by atomic mass is 16.5. The van der Waals surface area contributed by atoms with Gasteiger partial charge in [-0.2, -0.15) is 0 Å². The highest BCUT2D eigenvalue weighted by Gasteiger charge is 2.21. The Labute approximate surface area is 127 Å². The number of carbonyl (C=O) groups is 1. The first kappa shape index (κ1) is 17.7. The average Bonchev–Trinajstić information content (AvgIpc) is 2.44.